The Labute approximate surface area is 48.2 Å². The molecule has 0 aromatic rings. The van der Waals surface area contributed by atoms with E-state index in [1.807, 2.05) is 0 Å². The van der Waals surface area contributed by atoms with Gasteiger partial charge in [-0.25, -0.2) is 0 Å². The van der Waals surface area contributed by atoms with Gasteiger partial charge in [-0.15, -0.1) is 15.3 Å². The Morgan fingerprint density at radius 1 is 1.38 bits per heavy atom. The minimum atomic E-state index is -1.75. The van der Waals surface area contributed by atoms with E-state index >= 15 is 0 Å². The van der Waals surface area contributed by atoms with Crippen LogP contribution in [0.5, 0.6) is 0 Å². The summed E-state index contributed by atoms with van der Waals surface area (Å²) >= 11 is 0. The van der Waals surface area contributed by atoms with Gasteiger partial charge < -0.3 is 0 Å². The van der Waals surface area contributed by atoms with Gasteiger partial charge in [0.2, 0.25) is 0 Å². The number of hydrogen-bond donors (Lipinski definition) is 0. The highest BCUT2D eigenvalue weighted by Crippen LogP contribution is 1.76. The van der Waals surface area contributed by atoms with Gasteiger partial charge in [-0.1, -0.05) is 26.7 Å². The highest BCUT2D eigenvalue weighted by atomic mass is 16.9. The zero-order valence-corrected chi connectivity index (χ0v) is 5.09. The number of rotatable bonds is 1. The third kappa shape index (κ3) is 2290. The molecule has 1 radical (unpaired) electrons. The molecule has 0 aliphatic heterocycles. The van der Waals surface area contributed by atoms with E-state index < -0.39 is 5.09 Å². The van der Waals surface area contributed by atoms with Gasteiger partial charge in [0.05, 0.1) is 0 Å². The summed E-state index contributed by atoms with van der Waals surface area (Å²) in [7, 11) is 0. The standard InChI is InChI=1S/C4H10.NO3/c1-3-4-2;2-1(3)4/h3-4H2,1-2H3;. The van der Waals surface area contributed by atoms with Crippen molar-refractivity contribution in [1.82, 2.24) is 0 Å². The van der Waals surface area contributed by atoms with Crippen LogP contribution in [0.4, 0.5) is 0 Å². The minimum absolute atomic E-state index is 1.32. The van der Waals surface area contributed by atoms with Crippen molar-refractivity contribution >= 4 is 0 Å². The summed E-state index contributed by atoms with van der Waals surface area (Å²) in [6.45, 7) is 4.36. The Hall–Kier alpha value is -0.800. The van der Waals surface area contributed by atoms with Gasteiger partial charge in [-0.2, -0.15) is 0 Å². The highest BCUT2D eigenvalue weighted by molar-refractivity contribution is 4.12. The number of hydrogen-bond acceptors (Lipinski definition) is 2. The molecule has 0 fully saturated rings. The lowest BCUT2D eigenvalue weighted by molar-refractivity contribution is -0.782. The average Bonchev–Trinajstić information content (AvgIpc) is 1.65. The smallest absolute Gasteiger partial charge is 0.107 e. The fourth-order valence-corrected chi connectivity index (χ4v) is 0. The Balaban J connectivity index is 0. The molecule has 0 N–H and O–H groups in total. The van der Waals surface area contributed by atoms with E-state index in [1.165, 1.54) is 12.8 Å². The molecule has 0 saturated heterocycles. The van der Waals surface area contributed by atoms with Crippen molar-refractivity contribution in [2.45, 2.75) is 26.7 Å². The van der Waals surface area contributed by atoms with Crippen LogP contribution in [-0.2, 0) is 5.21 Å². The monoisotopic (exact) mass is 120 g/mol. The zero-order chi connectivity index (χ0) is 6.99. The molecule has 4 heteroatoms. The Morgan fingerprint density at radius 3 is 1.50 bits per heavy atom. The van der Waals surface area contributed by atoms with Gasteiger partial charge in [0, 0.05) is 0 Å². The van der Waals surface area contributed by atoms with E-state index in [0.29, 0.717) is 0 Å². The fraction of sp³-hybridized carbons (Fsp3) is 1.00. The van der Waals surface area contributed by atoms with Crippen LogP contribution in [-0.4, -0.2) is 5.09 Å². The van der Waals surface area contributed by atoms with Crippen molar-refractivity contribution in [2.24, 2.45) is 0 Å². The summed E-state index contributed by atoms with van der Waals surface area (Å²) in [5.41, 5.74) is 0. The second-order valence-corrected chi connectivity index (χ2v) is 1.22. The molecule has 49 valence electrons. The third-order valence-corrected chi connectivity index (χ3v) is 0.500. The van der Waals surface area contributed by atoms with Gasteiger partial charge in [0.15, 0.2) is 0 Å². The van der Waals surface area contributed by atoms with E-state index in [9.17, 15) is 0 Å². The van der Waals surface area contributed by atoms with Crippen molar-refractivity contribution < 1.29 is 10.3 Å². The molecule has 0 aliphatic carbocycles. The maximum absolute atomic E-state index is 8.25. The highest BCUT2D eigenvalue weighted by Gasteiger charge is 1.70. The molecule has 0 aromatic carbocycles. The third-order valence-electron chi connectivity index (χ3n) is 0.500. The first kappa shape index (κ1) is 10.2. The summed E-state index contributed by atoms with van der Waals surface area (Å²) in [4.78, 5) is 8.25. The quantitative estimate of drug-likeness (QED) is 0.388. The minimum Gasteiger partial charge on any atom is -0.107 e. The number of unbranched alkanes of at least 4 members (excludes halogenated alkanes) is 1. The zero-order valence-electron chi connectivity index (χ0n) is 5.09. The first-order valence-electron chi connectivity index (χ1n) is 2.46. The predicted molar refractivity (Wildman–Crippen MR) is 28.3 cm³/mol. The Bertz CT molecular complexity index is 49.2. The van der Waals surface area contributed by atoms with Crippen LogP contribution in [0, 0.1) is 10.1 Å². The summed E-state index contributed by atoms with van der Waals surface area (Å²) in [6, 6.07) is 0. The van der Waals surface area contributed by atoms with Gasteiger partial charge in [0.1, 0.15) is 0 Å². The van der Waals surface area contributed by atoms with Crippen molar-refractivity contribution in [3.8, 4) is 0 Å². The van der Waals surface area contributed by atoms with E-state index in [4.69, 9.17) is 15.3 Å². The van der Waals surface area contributed by atoms with Crippen molar-refractivity contribution in [3.63, 3.8) is 0 Å². The molecule has 0 atom stereocenters. The molecule has 0 unspecified atom stereocenters. The molecule has 0 aliphatic rings. The maximum Gasteiger partial charge on any atom is 0.322 e. The molecule has 8 heavy (non-hydrogen) atoms. The average molecular weight is 120 g/mol. The Kier molecular flexibility index (Phi) is 12.2. The van der Waals surface area contributed by atoms with Gasteiger partial charge >= 0.3 is 5.09 Å². The molecule has 0 saturated carbocycles. The summed E-state index contributed by atoms with van der Waals surface area (Å²) in [5.74, 6) is 0. The molecule has 4 nitrogen and oxygen atoms in total. The topological polar surface area (TPSA) is 63.0 Å². The molecule has 0 aromatic heterocycles. The lowest BCUT2D eigenvalue weighted by atomic mass is 10.4. The predicted octanol–water partition coefficient (Wildman–Crippen LogP) is 1.42. The summed E-state index contributed by atoms with van der Waals surface area (Å²) in [6.07, 6.45) is 2.64. The van der Waals surface area contributed by atoms with Crippen LogP contribution in [0.25, 0.3) is 0 Å². The second-order valence-electron chi connectivity index (χ2n) is 1.22. The summed E-state index contributed by atoms with van der Waals surface area (Å²) in [5, 5.41) is 14.8. The van der Waals surface area contributed by atoms with Crippen molar-refractivity contribution in [3.05, 3.63) is 10.1 Å². The molecule has 0 amide bonds. The van der Waals surface area contributed by atoms with Crippen molar-refractivity contribution in [2.75, 3.05) is 0 Å². The van der Waals surface area contributed by atoms with Crippen molar-refractivity contribution in [1.29, 1.82) is 0 Å². The molecule has 0 spiro atoms. The molecule has 0 heterocycles. The largest absolute Gasteiger partial charge is 0.322 e. The maximum atomic E-state index is 8.25. The van der Waals surface area contributed by atoms with Crippen LogP contribution in [0.2, 0.25) is 0 Å². The molecular weight excluding hydrogens is 110 g/mol. The molecule has 0 bridgehead atoms. The first-order valence-corrected chi connectivity index (χ1v) is 2.46. The van der Waals surface area contributed by atoms with Gasteiger partial charge in [0.25, 0.3) is 0 Å². The fourth-order valence-electron chi connectivity index (χ4n) is 0. The van der Waals surface area contributed by atoms with E-state index in [0.717, 1.165) is 0 Å². The summed E-state index contributed by atoms with van der Waals surface area (Å²) < 4.78 is 0. The van der Waals surface area contributed by atoms with Gasteiger partial charge in [-0.05, 0) is 0 Å². The lowest BCUT2D eigenvalue weighted by Crippen LogP contribution is -1.77. The van der Waals surface area contributed by atoms with E-state index in [1.54, 1.807) is 0 Å². The normalized spacial score (nSPS) is 6.75. The van der Waals surface area contributed by atoms with Crippen LogP contribution < -0.4 is 0 Å². The SMILES string of the molecule is CCCC.[O][N+](=O)[O-]. The van der Waals surface area contributed by atoms with Gasteiger partial charge in [-0.3, -0.25) is 0 Å². The van der Waals surface area contributed by atoms with Crippen LogP contribution >= 0.6 is 0 Å². The van der Waals surface area contributed by atoms with Crippen LogP contribution in [0.15, 0.2) is 0 Å². The lowest BCUT2D eigenvalue weighted by Gasteiger charge is -1.68. The van der Waals surface area contributed by atoms with E-state index in [2.05, 4.69) is 13.8 Å². The molecule has 0 rings (SSSR count). The Morgan fingerprint density at radius 2 is 1.50 bits per heavy atom. The number of nitrogens with zero attached hydrogens (tertiary/aromatic N) is 1. The van der Waals surface area contributed by atoms with Crippen LogP contribution in [0.3, 0.4) is 0 Å². The second kappa shape index (κ2) is 9.50. The molecular formula is C4H10NO3. The first-order chi connectivity index (χ1) is 3.65. The van der Waals surface area contributed by atoms with Crippen LogP contribution in [0.1, 0.15) is 26.7 Å². The van der Waals surface area contributed by atoms with E-state index in [-0.39, 0.29) is 0 Å².